The van der Waals surface area contributed by atoms with Gasteiger partial charge in [-0.2, -0.15) is 0 Å². The molecule has 5 nitrogen and oxygen atoms in total. The van der Waals surface area contributed by atoms with Crippen LogP contribution in [0.5, 0.6) is 0 Å². The molecule has 0 atom stereocenters. The molecule has 6 heteroatoms. The number of hydrogen-bond donors (Lipinski definition) is 2. The van der Waals surface area contributed by atoms with Crippen LogP contribution in [0, 0.1) is 0 Å². The van der Waals surface area contributed by atoms with E-state index in [0.717, 1.165) is 11.3 Å². The summed E-state index contributed by atoms with van der Waals surface area (Å²) in [4.78, 5) is 12.7. The number of nitrogens with one attached hydrogen (secondary N) is 2. The lowest BCUT2D eigenvalue weighted by Crippen LogP contribution is -2.30. The van der Waals surface area contributed by atoms with E-state index in [0.29, 0.717) is 5.56 Å². The zero-order chi connectivity index (χ0) is 19.5. The highest BCUT2D eigenvalue weighted by Crippen LogP contribution is 2.29. The third-order valence-corrected chi connectivity index (χ3v) is 5.48. The summed E-state index contributed by atoms with van der Waals surface area (Å²) in [5.41, 5.74) is 2.08. The van der Waals surface area contributed by atoms with Crippen LogP contribution in [0.4, 0.5) is 5.69 Å². The van der Waals surface area contributed by atoms with Crippen LogP contribution in [0.1, 0.15) is 50.5 Å². The van der Waals surface area contributed by atoms with E-state index in [1.165, 1.54) is 24.3 Å². The maximum Gasteiger partial charge on any atom is 0.255 e. The number of hydrogen-bond acceptors (Lipinski definition) is 3. The highest BCUT2D eigenvalue weighted by molar-refractivity contribution is 7.89. The predicted molar refractivity (Wildman–Crippen MR) is 105 cm³/mol. The molecule has 0 aliphatic carbocycles. The molecule has 0 bridgehead atoms. The molecule has 0 fully saturated rings. The fourth-order valence-corrected chi connectivity index (χ4v) is 3.86. The van der Waals surface area contributed by atoms with Gasteiger partial charge in [-0.05, 0) is 55.2 Å². The number of sulfonamides is 1. The molecule has 0 aliphatic rings. The van der Waals surface area contributed by atoms with Gasteiger partial charge in [-0.25, -0.2) is 13.1 Å². The van der Waals surface area contributed by atoms with Gasteiger partial charge in [0.15, 0.2) is 0 Å². The second kappa shape index (κ2) is 7.60. The summed E-state index contributed by atoms with van der Waals surface area (Å²) < 4.78 is 26.8. The second-order valence-corrected chi connectivity index (χ2v) is 9.26. The number of carbonyl (C=O) groups excluding carboxylic acids is 1. The van der Waals surface area contributed by atoms with Crippen molar-refractivity contribution in [3.63, 3.8) is 0 Å². The molecule has 2 N–H and O–H groups in total. The van der Waals surface area contributed by atoms with Crippen LogP contribution in [0.25, 0.3) is 0 Å². The van der Waals surface area contributed by atoms with Gasteiger partial charge in [-0.3, -0.25) is 4.79 Å². The van der Waals surface area contributed by atoms with E-state index in [4.69, 9.17) is 0 Å². The molecular weight excluding hydrogens is 348 g/mol. The Labute approximate surface area is 155 Å². The van der Waals surface area contributed by atoms with Crippen LogP contribution in [-0.4, -0.2) is 20.4 Å². The molecule has 0 saturated carbocycles. The SMILES string of the molecule is CC(C)NS(=O)(=O)c1ccc(C(=O)Nc2ccccc2C(C)(C)C)cc1. The molecule has 0 heterocycles. The van der Waals surface area contributed by atoms with Crippen molar-refractivity contribution in [1.29, 1.82) is 0 Å². The lowest BCUT2D eigenvalue weighted by molar-refractivity contribution is 0.102. The summed E-state index contributed by atoms with van der Waals surface area (Å²) >= 11 is 0. The number of benzene rings is 2. The van der Waals surface area contributed by atoms with Crippen LogP contribution >= 0.6 is 0 Å². The van der Waals surface area contributed by atoms with E-state index in [1.807, 2.05) is 24.3 Å². The number of amides is 1. The van der Waals surface area contributed by atoms with Crippen LogP contribution in [-0.2, 0) is 15.4 Å². The van der Waals surface area contributed by atoms with E-state index >= 15 is 0 Å². The number of carbonyl (C=O) groups is 1. The van der Waals surface area contributed by atoms with Gasteiger partial charge < -0.3 is 5.32 Å². The van der Waals surface area contributed by atoms with Gasteiger partial charge in [0.05, 0.1) is 4.90 Å². The average Bonchev–Trinajstić information content (AvgIpc) is 2.53. The molecule has 2 rings (SSSR count). The minimum absolute atomic E-state index is 0.107. The smallest absolute Gasteiger partial charge is 0.255 e. The van der Waals surface area contributed by atoms with Gasteiger partial charge in [0.2, 0.25) is 10.0 Å². The number of rotatable bonds is 5. The van der Waals surface area contributed by atoms with Gasteiger partial charge in [-0.15, -0.1) is 0 Å². The summed E-state index contributed by atoms with van der Waals surface area (Å²) in [6.07, 6.45) is 0. The van der Waals surface area contributed by atoms with Gasteiger partial charge in [-0.1, -0.05) is 39.0 Å². The quantitative estimate of drug-likeness (QED) is 0.833. The van der Waals surface area contributed by atoms with Crippen molar-refractivity contribution >= 4 is 21.6 Å². The molecule has 0 unspecified atom stereocenters. The van der Waals surface area contributed by atoms with Crippen molar-refractivity contribution in [2.24, 2.45) is 0 Å². The maximum atomic E-state index is 12.6. The maximum absolute atomic E-state index is 12.6. The Balaban J connectivity index is 2.22. The molecule has 2 aromatic rings. The molecule has 0 saturated heterocycles. The first kappa shape index (κ1) is 20.1. The zero-order valence-electron chi connectivity index (χ0n) is 15.8. The summed E-state index contributed by atoms with van der Waals surface area (Å²) in [5, 5.41) is 2.92. The Morgan fingerprint density at radius 2 is 1.54 bits per heavy atom. The molecule has 0 radical (unpaired) electrons. The molecule has 140 valence electrons. The predicted octanol–water partition coefficient (Wildman–Crippen LogP) is 3.92. The summed E-state index contributed by atoms with van der Waals surface area (Å²) in [5.74, 6) is -0.275. The zero-order valence-corrected chi connectivity index (χ0v) is 16.6. The molecule has 2 aromatic carbocycles. The fraction of sp³-hybridized carbons (Fsp3) is 0.350. The summed E-state index contributed by atoms with van der Waals surface area (Å²) in [7, 11) is -3.57. The van der Waals surface area contributed by atoms with Crippen molar-refractivity contribution in [2.75, 3.05) is 5.32 Å². The Kier molecular flexibility index (Phi) is 5.88. The normalized spacial score (nSPS) is 12.2. The van der Waals surface area contributed by atoms with E-state index in [-0.39, 0.29) is 22.3 Å². The van der Waals surface area contributed by atoms with Gasteiger partial charge >= 0.3 is 0 Å². The van der Waals surface area contributed by atoms with Crippen molar-refractivity contribution in [1.82, 2.24) is 4.72 Å². The van der Waals surface area contributed by atoms with Crippen LogP contribution in [0.2, 0.25) is 0 Å². The minimum Gasteiger partial charge on any atom is -0.322 e. The van der Waals surface area contributed by atoms with Gasteiger partial charge in [0.1, 0.15) is 0 Å². The van der Waals surface area contributed by atoms with Crippen molar-refractivity contribution in [3.05, 3.63) is 59.7 Å². The summed E-state index contributed by atoms with van der Waals surface area (Å²) in [6, 6.07) is 13.4. The molecule has 0 aromatic heterocycles. The standard InChI is InChI=1S/C20H26N2O3S/c1-14(2)22-26(24,25)16-12-10-15(11-13-16)19(23)21-18-9-7-6-8-17(18)20(3,4)5/h6-14,22H,1-5H3,(H,21,23). The Morgan fingerprint density at radius 1 is 0.962 bits per heavy atom. The number of para-hydroxylation sites is 1. The van der Waals surface area contributed by atoms with Crippen LogP contribution < -0.4 is 10.0 Å². The molecule has 0 aliphatic heterocycles. The molecule has 26 heavy (non-hydrogen) atoms. The fourth-order valence-electron chi connectivity index (χ4n) is 2.60. The van der Waals surface area contributed by atoms with Crippen LogP contribution in [0.15, 0.2) is 53.4 Å². The van der Waals surface area contributed by atoms with Gasteiger partial charge in [0.25, 0.3) is 5.91 Å². The van der Waals surface area contributed by atoms with Crippen molar-refractivity contribution < 1.29 is 13.2 Å². The van der Waals surface area contributed by atoms with E-state index in [1.54, 1.807) is 13.8 Å². The Bertz CT molecular complexity index is 880. The highest BCUT2D eigenvalue weighted by atomic mass is 32.2. The third-order valence-electron chi connectivity index (χ3n) is 3.80. The van der Waals surface area contributed by atoms with E-state index in [9.17, 15) is 13.2 Å². The van der Waals surface area contributed by atoms with E-state index in [2.05, 4.69) is 30.8 Å². The summed E-state index contributed by atoms with van der Waals surface area (Å²) in [6.45, 7) is 9.76. The topological polar surface area (TPSA) is 75.3 Å². The lowest BCUT2D eigenvalue weighted by Gasteiger charge is -2.23. The van der Waals surface area contributed by atoms with Crippen LogP contribution in [0.3, 0.4) is 0 Å². The largest absolute Gasteiger partial charge is 0.322 e. The van der Waals surface area contributed by atoms with E-state index < -0.39 is 10.0 Å². The van der Waals surface area contributed by atoms with Crippen molar-refractivity contribution in [3.8, 4) is 0 Å². The first-order valence-corrected chi connectivity index (χ1v) is 10.0. The first-order valence-electron chi connectivity index (χ1n) is 8.54. The molecular formula is C20H26N2O3S. The third kappa shape index (κ3) is 4.93. The average molecular weight is 375 g/mol. The lowest BCUT2D eigenvalue weighted by atomic mass is 9.86. The Hall–Kier alpha value is -2.18. The minimum atomic E-state index is -3.57. The second-order valence-electron chi connectivity index (χ2n) is 7.55. The molecule has 0 spiro atoms. The first-order chi connectivity index (χ1) is 12.0. The van der Waals surface area contributed by atoms with Crippen molar-refractivity contribution in [2.45, 2.75) is 51.0 Å². The Morgan fingerprint density at radius 3 is 2.08 bits per heavy atom. The monoisotopic (exact) mass is 374 g/mol. The molecule has 1 amide bonds. The highest BCUT2D eigenvalue weighted by Gasteiger charge is 2.20. The number of anilines is 1. The van der Waals surface area contributed by atoms with Gasteiger partial charge in [0, 0.05) is 17.3 Å².